The van der Waals surface area contributed by atoms with Gasteiger partial charge in [-0.3, -0.25) is 4.79 Å². The lowest BCUT2D eigenvalue weighted by molar-refractivity contribution is -0.133. The first-order chi connectivity index (χ1) is 4.66. The van der Waals surface area contributed by atoms with Crippen molar-refractivity contribution in [2.75, 3.05) is 11.5 Å². The molecule has 0 saturated heterocycles. The Morgan fingerprint density at radius 1 is 1.80 bits per heavy atom. The highest BCUT2D eigenvalue weighted by Crippen LogP contribution is 1.99. The summed E-state index contributed by atoms with van der Waals surface area (Å²) >= 11 is 1.14. The molecule has 0 rings (SSSR count). The van der Waals surface area contributed by atoms with Gasteiger partial charge < -0.3 is 15.6 Å². The molecule has 0 spiro atoms. The number of rotatable bonds is 5. The fourth-order valence-electron chi connectivity index (χ4n) is 0.322. The third-order valence-electron chi connectivity index (χ3n) is 0.711. The van der Waals surface area contributed by atoms with Gasteiger partial charge in [-0.05, 0) is 0 Å². The smallest absolute Gasteiger partial charge is 0.313 e. The van der Waals surface area contributed by atoms with E-state index in [4.69, 9.17) is 10.8 Å². The van der Waals surface area contributed by atoms with Crippen molar-refractivity contribution < 1.29 is 14.7 Å². The molecule has 0 aromatic rings. The van der Waals surface area contributed by atoms with Gasteiger partial charge in [-0.15, -0.1) is 11.8 Å². The van der Waals surface area contributed by atoms with Crippen LogP contribution < -0.4 is 5.73 Å². The molecule has 0 heterocycles. The Morgan fingerprint density at radius 2 is 2.40 bits per heavy atom. The Labute approximate surface area is 62.8 Å². The minimum atomic E-state index is -0.886. The Bertz CT molecular complexity index is 128. The van der Waals surface area contributed by atoms with Crippen LogP contribution >= 0.6 is 11.8 Å². The second-order valence-electron chi connectivity index (χ2n) is 1.71. The van der Waals surface area contributed by atoms with Crippen molar-refractivity contribution in [1.29, 1.82) is 0 Å². The van der Waals surface area contributed by atoms with Crippen molar-refractivity contribution in [2.24, 2.45) is 5.73 Å². The van der Waals surface area contributed by atoms with Crippen LogP contribution in [0.25, 0.3) is 0 Å². The SMILES string of the molecule is NC(C=O)CSCC(=O)O. The summed E-state index contributed by atoms with van der Waals surface area (Å²) < 4.78 is 0. The van der Waals surface area contributed by atoms with Crippen molar-refractivity contribution >= 4 is 24.0 Å². The summed E-state index contributed by atoms with van der Waals surface area (Å²) in [6, 6.07) is -0.538. The molecule has 0 saturated carbocycles. The fraction of sp³-hybridized carbons (Fsp3) is 0.600. The van der Waals surface area contributed by atoms with Crippen LogP contribution in [0.5, 0.6) is 0 Å². The van der Waals surface area contributed by atoms with Gasteiger partial charge in [-0.25, -0.2) is 0 Å². The zero-order valence-electron chi connectivity index (χ0n) is 5.32. The van der Waals surface area contributed by atoms with Gasteiger partial charge in [0.1, 0.15) is 6.29 Å². The van der Waals surface area contributed by atoms with Gasteiger partial charge in [0.2, 0.25) is 0 Å². The first-order valence-electron chi connectivity index (χ1n) is 2.67. The van der Waals surface area contributed by atoms with Gasteiger partial charge in [0.25, 0.3) is 0 Å². The first kappa shape index (κ1) is 9.45. The number of carbonyl (C=O) groups is 2. The second-order valence-corrected chi connectivity index (χ2v) is 2.74. The summed E-state index contributed by atoms with van der Waals surface area (Å²) in [5.41, 5.74) is 5.18. The lowest BCUT2D eigenvalue weighted by Gasteiger charge is -1.99. The molecular weight excluding hydrogens is 154 g/mol. The van der Waals surface area contributed by atoms with Crippen molar-refractivity contribution in [3.63, 3.8) is 0 Å². The van der Waals surface area contributed by atoms with Gasteiger partial charge >= 0.3 is 5.97 Å². The molecule has 10 heavy (non-hydrogen) atoms. The summed E-state index contributed by atoms with van der Waals surface area (Å²) in [6.45, 7) is 0. The van der Waals surface area contributed by atoms with E-state index in [1.165, 1.54) is 0 Å². The molecular formula is C5H9NO3S. The standard InChI is InChI=1S/C5H9NO3S/c6-4(1-7)2-10-3-5(8)9/h1,4H,2-3,6H2,(H,8,9). The highest BCUT2D eigenvalue weighted by atomic mass is 32.2. The Hall–Kier alpha value is -0.550. The van der Waals surface area contributed by atoms with E-state index in [1.807, 2.05) is 0 Å². The average Bonchev–Trinajstić information content (AvgIpc) is 1.87. The lowest BCUT2D eigenvalue weighted by atomic mass is 10.4. The largest absolute Gasteiger partial charge is 0.481 e. The van der Waals surface area contributed by atoms with Crippen molar-refractivity contribution in [2.45, 2.75) is 6.04 Å². The van der Waals surface area contributed by atoms with Gasteiger partial charge in [-0.2, -0.15) is 0 Å². The van der Waals surface area contributed by atoms with Crippen LogP contribution in [0, 0.1) is 0 Å². The highest BCUT2D eigenvalue weighted by molar-refractivity contribution is 8.00. The topological polar surface area (TPSA) is 80.4 Å². The molecule has 0 fully saturated rings. The second kappa shape index (κ2) is 5.25. The maximum absolute atomic E-state index is 9.92. The number of carbonyl (C=O) groups excluding carboxylic acids is 1. The highest BCUT2D eigenvalue weighted by Gasteiger charge is 2.01. The molecule has 1 unspecified atom stereocenters. The van der Waals surface area contributed by atoms with Crippen LogP contribution in [-0.4, -0.2) is 34.9 Å². The number of hydrogen-bond acceptors (Lipinski definition) is 4. The normalized spacial score (nSPS) is 12.5. The molecule has 4 nitrogen and oxygen atoms in total. The lowest BCUT2D eigenvalue weighted by Crippen LogP contribution is -2.24. The molecule has 58 valence electrons. The molecule has 0 radical (unpaired) electrons. The molecule has 0 aromatic carbocycles. The molecule has 0 bridgehead atoms. The van der Waals surface area contributed by atoms with Crippen molar-refractivity contribution in [3.8, 4) is 0 Å². The summed E-state index contributed by atoms with van der Waals surface area (Å²) in [4.78, 5) is 19.8. The van der Waals surface area contributed by atoms with Crippen molar-refractivity contribution in [3.05, 3.63) is 0 Å². The fourth-order valence-corrected chi connectivity index (χ4v) is 0.965. The summed E-state index contributed by atoms with van der Waals surface area (Å²) in [5.74, 6) is -0.514. The van der Waals surface area contributed by atoms with E-state index in [1.54, 1.807) is 0 Å². The summed E-state index contributed by atoms with van der Waals surface area (Å²) in [5, 5.41) is 8.15. The predicted octanol–water partition coefficient (Wildman–Crippen LogP) is -0.670. The molecule has 5 heteroatoms. The van der Waals surface area contributed by atoms with E-state index in [0.29, 0.717) is 12.0 Å². The molecule has 0 aromatic heterocycles. The van der Waals surface area contributed by atoms with E-state index in [-0.39, 0.29) is 5.75 Å². The van der Waals surface area contributed by atoms with Crippen LogP contribution in [-0.2, 0) is 9.59 Å². The van der Waals surface area contributed by atoms with Gasteiger partial charge in [0.05, 0.1) is 11.8 Å². The third kappa shape index (κ3) is 5.58. The number of hydrogen-bond donors (Lipinski definition) is 2. The molecule has 1 atom stereocenters. The predicted molar refractivity (Wildman–Crippen MR) is 39.0 cm³/mol. The van der Waals surface area contributed by atoms with E-state index >= 15 is 0 Å². The van der Waals surface area contributed by atoms with Crippen molar-refractivity contribution in [1.82, 2.24) is 0 Å². The van der Waals surface area contributed by atoms with E-state index < -0.39 is 12.0 Å². The minimum Gasteiger partial charge on any atom is -0.481 e. The average molecular weight is 163 g/mol. The zero-order chi connectivity index (χ0) is 7.98. The number of carboxylic acid groups (broad SMARTS) is 1. The summed E-state index contributed by atoms with van der Waals surface area (Å²) in [6.07, 6.45) is 0.606. The minimum absolute atomic E-state index is 0.00153. The maximum atomic E-state index is 9.92. The van der Waals surface area contributed by atoms with E-state index in [9.17, 15) is 9.59 Å². The van der Waals surface area contributed by atoms with Crippen LogP contribution in [0.3, 0.4) is 0 Å². The van der Waals surface area contributed by atoms with Crippen LogP contribution in [0.4, 0.5) is 0 Å². The quantitative estimate of drug-likeness (QED) is 0.525. The maximum Gasteiger partial charge on any atom is 0.313 e. The van der Waals surface area contributed by atoms with E-state index in [2.05, 4.69) is 0 Å². The third-order valence-corrected chi connectivity index (χ3v) is 1.78. The Kier molecular flexibility index (Phi) is 4.96. The number of aldehydes is 1. The number of nitrogens with two attached hydrogens (primary N) is 1. The van der Waals surface area contributed by atoms with Gasteiger partial charge in [0.15, 0.2) is 0 Å². The number of carboxylic acids is 1. The summed E-state index contributed by atoms with van der Waals surface area (Å²) in [7, 11) is 0. The van der Waals surface area contributed by atoms with Crippen LogP contribution in [0.15, 0.2) is 0 Å². The number of aliphatic carboxylic acids is 1. The number of thioether (sulfide) groups is 1. The molecule has 0 amide bonds. The molecule has 0 aliphatic heterocycles. The Morgan fingerprint density at radius 3 is 2.80 bits per heavy atom. The van der Waals surface area contributed by atoms with Crippen LogP contribution in [0.1, 0.15) is 0 Å². The van der Waals surface area contributed by atoms with Gasteiger partial charge in [-0.1, -0.05) is 0 Å². The zero-order valence-corrected chi connectivity index (χ0v) is 6.13. The Balaban J connectivity index is 3.19. The monoisotopic (exact) mass is 163 g/mol. The molecule has 3 N–H and O–H groups in total. The van der Waals surface area contributed by atoms with E-state index in [0.717, 1.165) is 11.8 Å². The molecule has 0 aliphatic rings. The first-order valence-corrected chi connectivity index (χ1v) is 3.82. The molecule has 0 aliphatic carbocycles. The van der Waals surface area contributed by atoms with Crippen LogP contribution in [0.2, 0.25) is 0 Å². The van der Waals surface area contributed by atoms with Gasteiger partial charge in [0, 0.05) is 5.75 Å².